The molecule has 0 aromatic carbocycles. The monoisotopic (exact) mass is 324 g/mol. The van der Waals surface area contributed by atoms with Gasteiger partial charge in [-0.25, -0.2) is 18.1 Å². The van der Waals surface area contributed by atoms with Crippen LogP contribution in [0.25, 0.3) is 0 Å². The van der Waals surface area contributed by atoms with E-state index < -0.39 is 10.0 Å². The molecule has 0 spiro atoms. The van der Waals surface area contributed by atoms with Crippen LogP contribution in [-0.2, 0) is 23.0 Å². The molecular formula is C13H16N4O2S2. The summed E-state index contributed by atoms with van der Waals surface area (Å²) in [6.07, 6.45) is 1.98. The lowest BCUT2D eigenvalue weighted by molar-refractivity contribution is 0.578. The third-order valence-corrected chi connectivity index (χ3v) is 4.95. The summed E-state index contributed by atoms with van der Waals surface area (Å²) in [6.45, 7) is 2.36. The van der Waals surface area contributed by atoms with Crippen LogP contribution in [0.2, 0.25) is 0 Å². The molecule has 2 aromatic heterocycles. The van der Waals surface area contributed by atoms with Gasteiger partial charge in [-0.15, -0.1) is 11.3 Å². The predicted molar refractivity (Wildman–Crippen MR) is 82.2 cm³/mol. The Balaban J connectivity index is 2.10. The van der Waals surface area contributed by atoms with E-state index in [1.807, 2.05) is 18.4 Å². The summed E-state index contributed by atoms with van der Waals surface area (Å²) in [5, 5.41) is 1.95. The standard InChI is InChI=1S/C13H16N4O2S2/c1-2-12-15-9-13(17-12)21(18,19)16-8-11-10(4-3-6-14)5-7-20-11/h5,7,9,16H,2,6,8,14H2,1H3,(H,15,17). The minimum atomic E-state index is -3.60. The molecule has 6 nitrogen and oxygen atoms in total. The maximum Gasteiger partial charge on any atom is 0.257 e. The predicted octanol–water partition coefficient (Wildman–Crippen LogP) is 0.822. The van der Waals surface area contributed by atoms with Crippen LogP contribution in [0.5, 0.6) is 0 Å². The number of nitrogens with two attached hydrogens (primary N) is 1. The average Bonchev–Trinajstić information content (AvgIpc) is 3.12. The summed E-state index contributed by atoms with van der Waals surface area (Å²) >= 11 is 1.45. The Morgan fingerprint density at radius 1 is 1.52 bits per heavy atom. The number of aromatic nitrogens is 2. The molecule has 0 atom stereocenters. The van der Waals surface area contributed by atoms with Crippen molar-refractivity contribution in [2.45, 2.75) is 24.9 Å². The van der Waals surface area contributed by atoms with E-state index in [-0.39, 0.29) is 18.1 Å². The Kier molecular flexibility index (Phi) is 5.14. The van der Waals surface area contributed by atoms with Crippen LogP contribution in [0.4, 0.5) is 0 Å². The molecule has 0 fully saturated rings. The molecule has 0 amide bonds. The smallest absolute Gasteiger partial charge is 0.257 e. The second-order valence-electron chi connectivity index (χ2n) is 4.14. The minimum Gasteiger partial charge on any atom is -0.332 e. The number of aryl methyl sites for hydroxylation is 1. The SMILES string of the molecule is CCc1ncc(S(=O)(=O)NCc2sccc2C#CCN)[nH]1. The lowest BCUT2D eigenvalue weighted by atomic mass is 10.2. The van der Waals surface area contributed by atoms with Crippen LogP contribution in [0, 0.1) is 11.8 Å². The number of rotatable bonds is 5. The van der Waals surface area contributed by atoms with Crippen molar-refractivity contribution in [3.05, 3.63) is 33.9 Å². The van der Waals surface area contributed by atoms with Gasteiger partial charge in [0, 0.05) is 23.4 Å². The Morgan fingerprint density at radius 3 is 3.00 bits per heavy atom. The molecule has 112 valence electrons. The molecule has 0 saturated carbocycles. The maximum atomic E-state index is 12.1. The van der Waals surface area contributed by atoms with Crippen molar-refractivity contribution in [2.75, 3.05) is 6.54 Å². The van der Waals surface area contributed by atoms with Gasteiger partial charge in [0.2, 0.25) is 0 Å². The van der Waals surface area contributed by atoms with Crippen LogP contribution in [0.15, 0.2) is 22.7 Å². The fraction of sp³-hybridized carbons (Fsp3) is 0.308. The Hall–Kier alpha value is -1.66. The second kappa shape index (κ2) is 6.87. The molecule has 21 heavy (non-hydrogen) atoms. The summed E-state index contributed by atoms with van der Waals surface area (Å²) in [4.78, 5) is 7.63. The first-order valence-corrected chi connectivity index (χ1v) is 8.72. The first kappa shape index (κ1) is 15.7. The number of hydrogen-bond acceptors (Lipinski definition) is 5. The Morgan fingerprint density at radius 2 is 2.33 bits per heavy atom. The third kappa shape index (κ3) is 3.92. The molecule has 0 unspecified atom stereocenters. The minimum absolute atomic E-state index is 0.0745. The molecule has 0 radical (unpaired) electrons. The summed E-state index contributed by atoms with van der Waals surface area (Å²) in [5.41, 5.74) is 6.14. The number of nitrogens with one attached hydrogen (secondary N) is 2. The highest BCUT2D eigenvalue weighted by molar-refractivity contribution is 7.89. The van der Waals surface area contributed by atoms with Gasteiger partial charge in [-0.3, -0.25) is 0 Å². The number of hydrogen-bond donors (Lipinski definition) is 3. The van der Waals surface area contributed by atoms with Gasteiger partial charge in [0.05, 0.1) is 12.7 Å². The average molecular weight is 324 g/mol. The highest BCUT2D eigenvalue weighted by Crippen LogP contribution is 2.16. The fourth-order valence-electron chi connectivity index (χ4n) is 1.63. The zero-order chi connectivity index (χ0) is 15.3. The number of nitrogens with zero attached hydrogens (tertiary/aromatic N) is 1. The van der Waals surface area contributed by atoms with E-state index in [0.29, 0.717) is 12.2 Å². The van der Waals surface area contributed by atoms with Gasteiger partial charge >= 0.3 is 0 Å². The summed E-state index contributed by atoms with van der Waals surface area (Å²) < 4.78 is 26.8. The van der Waals surface area contributed by atoms with Crippen LogP contribution < -0.4 is 10.5 Å². The van der Waals surface area contributed by atoms with Gasteiger partial charge in [-0.2, -0.15) is 0 Å². The van der Waals surface area contributed by atoms with Gasteiger partial charge in [0.25, 0.3) is 10.0 Å². The van der Waals surface area contributed by atoms with Crippen LogP contribution >= 0.6 is 11.3 Å². The molecule has 0 aliphatic rings. The summed E-state index contributed by atoms with van der Waals surface area (Å²) in [6, 6.07) is 1.85. The highest BCUT2D eigenvalue weighted by atomic mass is 32.2. The van der Waals surface area contributed by atoms with Crippen LogP contribution in [-0.4, -0.2) is 24.9 Å². The molecular weight excluding hydrogens is 308 g/mol. The van der Waals surface area contributed by atoms with Gasteiger partial charge in [-0.1, -0.05) is 18.8 Å². The van der Waals surface area contributed by atoms with E-state index in [1.54, 1.807) is 0 Å². The van der Waals surface area contributed by atoms with E-state index >= 15 is 0 Å². The Labute approximate surface area is 127 Å². The summed E-state index contributed by atoms with van der Waals surface area (Å²) in [5.74, 6) is 6.32. The molecule has 0 aliphatic heterocycles. The Bertz CT molecular complexity index is 765. The van der Waals surface area contributed by atoms with Gasteiger partial charge in [-0.05, 0) is 11.4 Å². The van der Waals surface area contributed by atoms with Crippen molar-refractivity contribution in [1.29, 1.82) is 0 Å². The van der Waals surface area contributed by atoms with Crippen LogP contribution in [0.3, 0.4) is 0 Å². The molecule has 2 rings (SSSR count). The van der Waals surface area contributed by atoms with E-state index in [9.17, 15) is 8.42 Å². The number of H-pyrrole nitrogens is 1. The largest absolute Gasteiger partial charge is 0.332 e. The molecule has 0 saturated heterocycles. The van der Waals surface area contributed by atoms with Gasteiger partial charge in [0.1, 0.15) is 5.82 Å². The number of thiophene rings is 1. The van der Waals surface area contributed by atoms with Crippen molar-refractivity contribution < 1.29 is 8.42 Å². The molecule has 4 N–H and O–H groups in total. The van der Waals surface area contributed by atoms with Crippen molar-refractivity contribution in [1.82, 2.24) is 14.7 Å². The fourth-order valence-corrected chi connectivity index (χ4v) is 3.43. The number of imidazole rings is 1. The first-order chi connectivity index (χ1) is 10.1. The van der Waals surface area contributed by atoms with E-state index in [2.05, 4.69) is 26.5 Å². The third-order valence-electron chi connectivity index (χ3n) is 2.72. The number of sulfonamides is 1. The molecule has 2 heterocycles. The topological polar surface area (TPSA) is 101 Å². The number of aromatic amines is 1. The lowest BCUT2D eigenvalue weighted by Crippen LogP contribution is -2.23. The highest BCUT2D eigenvalue weighted by Gasteiger charge is 2.17. The maximum absolute atomic E-state index is 12.1. The molecule has 0 bridgehead atoms. The van der Waals surface area contributed by atoms with Gasteiger partial charge < -0.3 is 10.7 Å². The van der Waals surface area contributed by atoms with Crippen molar-refractivity contribution >= 4 is 21.4 Å². The van der Waals surface area contributed by atoms with Crippen molar-refractivity contribution in [3.8, 4) is 11.8 Å². The molecule has 2 aromatic rings. The second-order valence-corrected chi connectivity index (χ2v) is 6.87. The van der Waals surface area contributed by atoms with Crippen molar-refractivity contribution in [3.63, 3.8) is 0 Å². The van der Waals surface area contributed by atoms with E-state index in [4.69, 9.17) is 5.73 Å². The zero-order valence-corrected chi connectivity index (χ0v) is 13.1. The van der Waals surface area contributed by atoms with E-state index in [1.165, 1.54) is 17.5 Å². The van der Waals surface area contributed by atoms with Crippen molar-refractivity contribution in [2.24, 2.45) is 5.73 Å². The van der Waals surface area contributed by atoms with E-state index in [0.717, 1.165) is 10.4 Å². The zero-order valence-electron chi connectivity index (χ0n) is 11.5. The molecule has 8 heteroatoms. The molecule has 0 aliphatic carbocycles. The van der Waals surface area contributed by atoms with Gasteiger partial charge in [0.15, 0.2) is 5.03 Å². The summed E-state index contributed by atoms with van der Waals surface area (Å²) in [7, 11) is -3.60. The normalized spacial score (nSPS) is 11.1. The van der Waals surface area contributed by atoms with Crippen LogP contribution in [0.1, 0.15) is 23.2 Å². The quantitative estimate of drug-likeness (QED) is 0.709. The first-order valence-electron chi connectivity index (χ1n) is 6.35. The lowest BCUT2D eigenvalue weighted by Gasteiger charge is -2.03.